The monoisotopic (exact) mass is 403 g/mol. The summed E-state index contributed by atoms with van der Waals surface area (Å²) in [5.74, 6) is -0.863. The predicted molar refractivity (Wildman–Crippen MR) is 109 cm³/mol. The molecule has 0 bridgehead atoms. The third-order valence-corrected chi connectivity index (χ3v) is 5.85. The second-order valence-electron chi connectivity index (χ2n) is 6.68. The summed E-state index contributed by atoms with van der Waals surface area (Å²) in [7, 11) is -2.34. The Morgan fingerprint density at radius 2 is 1.64 bits per heavy atom. The topological polar surface area (TPSA) is 95.6 Å². The first kappa shape index (κ1) is 21.6. The fourth-order valence-electron chi connectivity index (χ4n) is 2.47. The molecule has 150 valence electrons. The van der Waals surface area contributed by atoms with E-state index in [9.17, 15) is 18.0 Å². The molecular weight excluding hydrogens is 378 g/mol. The minimum Gasteiger partial charge on any atom is -0.335 e. The van der Waals surface area contributed by atoms with E-state index in [4.69, 9.17) is 0 Å². The van der Waals surface area contributed by atoms with E-state index < -0.39 is 22.5 Å². The van der Waals surface area contributed by atoms with Crippen molar-refractivity contribution in [2.75, 3.05) is 25.5 Å². The van der Waals surface area contributed by atoms with Crippen molar-refractivity contribution in [1.29, 1.82) is 0 Å². The van der Waals surface area contributed by atoms with Gasteiger partial charge in [0.2, 0.25) is 21.8 Å². The van der Waals surface area contributed by atoms with Crippen molar-refractivity contribution in [2.24, 2.45) is 0 Å². The van der Waals surface area contributed by atoms with Gasteiger partial charge in [0.05, 0.1) is 18.0 Å². The molecule has 7 nitrogen and oxygen atoms in total. The fourth-order valence-corrected chi connectivity index (χ4v) is 3.45. The highest BCUT2D eigenvalue weighted by atomic mass is 32.2. The molecule has 0 fully saturated rings. The van der Waals surface area contributed by atoms with Gasteiger partial charge < -0.3 is 10.2 Å². The van der Waals surface area contributed by atoms with Gasteiger partial charge in [-0.15, -0.1) is 0 Å². The maximum atomic E-state index is 12.2. The van der Waals surface area contributed by atoms with E-state index in [2.05, 4.69) is 10.0 Å². The molecular formula is C20H25N3O4S. The molecule has 2 aromatic carbocycles. The normalized spacial score (nSPS) is 11.1. The maximum absolute atomic E-state index is 12.2. The van der Waals surface area contributed by atoms with Gasteiger partial charge in [0, 0.05) is 12.7 Å². The number of aryl methyl sites for hydroxylation is 2. The second-order valence-corrected chi connectivity index (χ2v) is 8.45. The molecule has 0 heterocycles. The van der Waals surface area contributed by atoms with E-state index >= 15 is 0 Å². The van der Waals surface area contributed by atoms with E-state index in [-0.39, 0.29) is 17.3 Å². The number of amides is 2. The Hall–Kier alpha value is -2.71. The van der Waals surface area contributed by atoms with Crippen LogP contribution in [0.4, 0.5) is 5.69 Å². The Labute approximate surface area is 165 Å². The van der Waals surface area contributed by atoms with Crippen LogP contribution < -0.4 is 10.0 Å². The van der Waals surface area contributed by atoms with Gasteiger partial charge in [-0.3, -0.25) is 9.59 Å². The molecule has 2 rings (SSSR count). The lowest BCUT2D eigenvalue weighted by atomic mass is 10.1. The van der Waals surface area contributed by atoms with Gasteiger partial charge in [0.15, 0.2) is 0 Å². The van der Waals surface area contributed by atoms with Gasteiger partial charge in [0.25, 0.3) is 0 Å². The number of benzene rings is 2. The Balaban J connectivity index is 1.90. The zero-order valence-electron chi connectivity index (χ0n) is 16.4. The number of carbonyl (C=O) groups is 2. The van der Waals surface area contributed by atoms with Gasteiger partial charge >= 0.3 is 0 Å². The molecule has 0 aliphatic carbocycles. The lowest BCUT2D eigenvalue weighted by Gasteiger charge is -2.18. The van der Waals surface area contributed by atoms with Gasteiger partial charge in [-0.1, -0.05) is 29.8 Å². The zero-order valence-corrected chi connectivity index (χ0v) is 17.3. The molecule has 2 amide bonds. The fraction of sp³-hybridized carbons (Fsp3) is 0.300. The molecule has 0 aliphatic heterocycles. The molecule has 0 unspecified atom stereocenters. The minimum atomic E-state index is -3.79. The molecule has 0 saturated carbocycles. The van der Waals surface area contributed by atoms with Crippen molar-refractivity contribution in [2.45, 2.75) is 25.7 Å². The number of sulfonamides is 1. The van der Waals surface area contributed by atoms with Crippen LogP contribution in [0.15, 0.2) is 47.4 Å². The number of anilines is 1. The summed E-state index contributed by atoms with van der Waals surface area (Å²) >= 11 is 0. The average molecular weight is 404 g/mol. The van der Waals surface area contributed by atoms with Crippen LogP contribution in [0.25, 0.3) is 0 Å². The van der Waals surface area contributed by atoms with Gasteiger partial charge in [-0.25, -0.2) is 13.1 Å². The smallest absolute Gasteiger partial charge is 0.243 e. The van der Waals surface area contributed by atoms with Gasteiger partial charge in [0.1, 0.15) is 0 Å². The Bertz CT molecular complexity index is 969. The highest BCUT2D eigenvalue weighted by Gasteiger charge is 2.18. The molecule has 0 saturated heterocycles. The number of hydrogen-bond acceptors (Lipinski definition) is 4. The quantitative estimate of drug-likeness (QED) is 0.739. The summed E-state index contributed by atoms with van der Waals surface area (Å²) < 4.78 is 26.7. The summed E-state index contributed by atoms with van der Waals surface area (Å²) in [4.78, 5) is 25.7. The first-order valence-corrected chi connectivity index (χ1v) is 10.2. The van der Waals surface area contributed by atoms with Crippen LogP contribution in [0.1, 0.15) is 16.7 Å². The maximum Gasteiger partial charge on any atom is 0.243 e. The van der Waals surface area contributed by atoms with E-state index in [1.165, 1.54) is 24.1 Å². The standard InChI is InChI=1S/C20H25N3O4S/c1-14-8-10-17(11-9-14)28(26,27)21-12-20(25)23(4)13-19(24)22-18-7-5-6-15(2)16(18)3/h5-11,21H,12-13H2,1-4H3,(H,22,24). The largest absolute Gasteiger partial charge is 0.335 e. The summed E-state index contributed by atoms with van der Waals surface area (Å²) in [5, 5.41) is 2.77. The Morgan fingerprint density at radius 3 is 2.29 bits per heavy atom. The van der Waals surface area contributed by atoms with Gasteiger partial charge in [-0.05, 0) is 50.1 Å². The van der Waals surface area contributed by atoms with E-state index in [0.29, 0.717) is 5.69 Å². The van der Waals surface area contributed by atoms with Crippen LogP contribution in [0.5, 0.6) is 0 Å². The summed E-state index contributed by atoms with van der Waals surface area (Å²) in [5.41, 5.74) is 3.62. The Morgan fingerprint density at radius 1 is 1.00 bits per heavy atom. The van der Waals surface area contributed by atoms with Crippen molar-refractivity contribution in [3.05, 3.63) is 59.2 Å². The lowest BCUT2D eigenvalue weighted by Crippen LogP contribution is -2.41. The van der Waals surface area contributed by atoms with Crippen LogP contribution in [-0.2, 0) is 19.6 Å². The number of rotatable bonds is 7. The molecule has 2 aromatic rings. The van der Waals surface area contributed by atoms with E-state index in [1.54, 1.807) is 18.2 Å². The first-order valence-electron chi connectivity index (χ1n) is 8.76. The molecule has 2 N–H and O–H groups in total. The molecule has 0 aliphatic rings. The van der Waals surface area contributed by atoms with E-state index in [0.717, 1.165) is 16.7 Å². The first-order chi connectivity index (χ1) is 13.1. The third-order valence-electron chi connectivity index (χ3n) is 4.43. The zero-order chi connectivity index (χ0) is 20.9. The number of nitrogens with one attached hydrogen (secondary N) is 2. The minimum absolute atomic E-state index is 0.0845. The number of nitrogens with zero attached hydrogens (tertiary/aromatic N) is 1. The van der Waals surface area contributed by atoms with Crippen molar-refractivity contribution < 1.29 is 18.0 Å². The molecule has 28 heavy (non-hydrogen) atoms. The van der Waals surface area contributed by atoms with Crippen molar-refractivity contribution in [3.8, 4) is 0 Å². The third kappa shape index (κ3) is 5.64. The SMILES string of the molecule is Cc1ccc(S(=O)(=O)NCC(=O)N(C)CC(=O)Nc2cccc(C)c2C)cc1. The van der Waals surface area contributed by atoms with Crippen LogP contribution in [-0.4, -0.2) is 45.3 Å². The van der Waals surface area contributed by atoms with Crippen molar-refractivity contribution >= 4 is 27.5 Å². The molecule has 0 atom stereocenters. The second kappa shape index (κ2) is 8.99. The molecule has 0 spiro atoms. The molecule has 0 aromatic heterocycles. The van der Waals surface area contributed by atoms with E-state index in [1.807, 2.05) is 32.9 Å². The van der Waals surface area contributed by atoms with Crippen LogP contribution in [0, 0.1) is 20.8 Å². The van der Waals surface area contributed by atoms with Crippen LogP contribution in [0.3, 0.4) is 0 Å². The number of carbonyl (C=O) groups excluding carboxylic acids is 2. The average Bonchev–Trinajstić information content (AvgIpc) is 2.64. The van der Waals surface area contributed by atoms with Crippen molar-refractivity contribution in [3.63, 3.8) is 0 Å². The lowest BCUT2D eigenvalue weighted by molar-refractivity contribution is -0.132. The summed E-state index contributed by atoms with van der Waals surface area (Å²) in [6, 6.07) is 11.9. The predicted octanol–water partition coefficient (Wildman–Crippen LogP) is 1.99. The summed E-state index contributed by atoms with van der Waals surface area (Å²) in [6.45, 7) is 5.09. The number of likely N-dealkylation sites (N-methyl/N-ethyl adjacent to an activating group) is 1. The van der Waals surface area contributed by atoms with Crippen molar-refractivity contribution in [1.82, 2.24) is 9.62 Å². The van der Waals surface area contributed by atoms with Crippen LogP contribution in [0.2, 0.25) is 0 Å². The highest BCUT2D eigenvalue weighted by molar-refractivity contribution is 7.89. The number of hydrogen-bond donors (Lipinski definition) is 2. The summed E-state index contributed by atoms with van der Waals surface area (Å²) in [6.07, 6.45) is 0. The van der Waals surface area contributed by atoms with Gasteiger partial charge in [-0.2, -0.15) is 0 Å². The Kier molecular flexibility index (Phi) is 6.93. The van der Waals surface area contributed by atoms with Crippen LogP contribution >= 0.6 is 0 Å². The highest BCUT2D eigenvalue weighted by Crippen LogP contribution is 2.17. The molecule has 0 radical (unpaired) electrons. The molecule has 8 heteroatoms.